The van der Waals surface area contributed by atoms with Gasteiger partial charge < -0.3 is 14.8 Å². The second kappa shape index (κ2) is 11.9. The summed E-state index contributed by atoms with van der Waals surface area (Å²) >= 11 is 0. The van der Waals surface area contributed by atoms with Gasteiger partial charge in [0.15, 0.2) is 0 Å². The van der Waals surface area contributed by atoms with Crippen LogP contribution in [0.25, 0.3) is 0 Å². The predicted octanol–water partition coefficient (Wildman–Crippen LogP) is 2.48. The first-order valence-electron chi connectivity index (χ1n) is 7.97. The number of aromatic nitrogens is 2. The summed E-state index contributed by atoms with van der Waals surface area (Å²) in [6, 6.07) is 3.55. The first kappa shape index (κ1) is 18.4. The van der Waals surface area contributed by atoms with Gasteiger partial charge in [-0.15, -0.1) is 5.10 Å². The van der Waals surface area contributed by atoms with Crippen LogP contribution in [-0.4, -0.2) is 36.4 Å². The topological polar surface area (TPSA) is 73.3 Å². The Morgan fingerprint density at radius 1 is 1.14 bits per heavy atom. The van der Waals surface area contributed by atoms with Gasteiger partial charge in [-0.25, -0.2) is 0 Å². The van der Waals surface area contributed by atoms with Gasteiger partial charge in [0, 0.05) is 19.6 Å². The number of amides is 1. The maximum atomic E-state index is 11.7. The molecule has 0 bridgehead atoms. The molecule has 0 radical (unpaired) electrons. The highest BCUT2D eigenvalue weighted by Gasteiger charge is 2.03. The molecular formula is C16H27N3O3. The van der Waals surface area contributed by atoms with Crippen LogP contribution in [0, 0.1) is 0 Å². The van der Waals surface area contributed by atoms with Crippen molar-refractivity contribution in [2.24, 2.45) is 0 Å². The summed E-state index contributed by atoms with van der Waals surface area (Å²) in [7, 11) is 1.62. The number of rotatable bonds is 12. The minimum Gasteiger partial charge on any atom is -0.474 e. The summed E-state index contributed by atoms with van der Waals surface area (Å²) in [5.41, 5.74) is 0.721. The van der Waals surface area contributed by atoms with E-state index in [2.05, 4.69) is 22.4 Å². The van der Waals surface area contributed by atoms with E-state index in [1.54, 1.807) is 19.2 Å². The van der Waals surface area contributed by atoms with Gasteiger partial charge in [0.2, 0.25) is 11.8 Å². The quantitative estimate of drug-likeness (QED) is 0.600. The molecule has 1 aromatic heterocycles. The van der Waals surface area contributed by atoms with Crippen LogP contribution in [0.5, 0.6) is 5.88 Å². The number of carbonyl (C=O) groups excluding carboxylic acids is 1. The Hall–Kier alpha value is -1.69. The molecule has 0 unspecified atom stereocenters. The fourth-order valence-corrected chi connectivity index (χ4v) is 1.92. The monoisotopic (exact) mass is 309 g/mol. The first-order chi connectivity index (χ1) is 10.8. The Morgan fingerprint density at radius 2 is 1.95 bits per heavy atom. The summed E-state index contributed by atoms with van der Waals surface area (Å²) in [4.78, 5) is 11.7. The van der Waals surface area contributed by atoms with Gasteiger partial charge in [0.1, 0.15) is 6.61 Å². The SMILES string of the molecule is CCCCCCCC(=O)NCc1ccc(OCCOC)nn1. The van der Waals surface area contributed by atoms with E-state index in [1.807, 2.05) is 0 Å². The largest absolute Gasteiger partial charge is 0.474 e. The molecule has 0 aliphatic rings. The Labute approximate surface area is 132 Å². The lowest BCUT2D eigenvalue weighted by Crippen LogP contribution is -2.23. The molecule has 1 amide bonds. The lowest BCUT2D eigenvalue weighted by molar-refractivity contribution is -0.121. The molecule has 0 saturated heterocycles. The number of methoxy groups -OCH3 is 1. The number of hydrogen-bond donors (Lipinski definition) is 1. The summed E-state index contributed by atoms with van der Waals surface area (Å²) in [5, 5.41) is 10.8. The fourth-order valence-electron chi connectivity index (χ4n) is 1.92. The molecule has 124 valence electrons. The van der Waals surface area contributed by atoms with Gasteiger partial charge >= 0.3 is 0 Å². The number of nitrogens with zero attached hydrogens (tertiary/aromatic N) is 2. The summed E-state index contributed by atoms with van der Waals surface area (Å²) < 4.78 is 10.2. The molecule has 0 atom stereocenters. The van der Waals surface area contributed by atoms with Crippen LogP contribution in [0.1, 0.15) is 51.1 Å². The van der Waals surface area contributed by atoms with Crippen molar-refractivity contribution in [3.8, 4) is 5.88 Å². The fraction of sp³-hybridized carbons (Fsp3) is 0.688. The van der Waals surface area contributed by atoms with Crippen molar-refractivity contribution < 1.29 is 14.3 Å². The molecule has 0 saturated carbocycles. The van der Waals surface area contributed by atoms with Crippen LogP contribution in [0.3, 0.4) is 0 Å². The molecule has 1 rings (SSSR count). The van der Waals surface area contributed by atoms with E-state index in [0.717, 1.165) is 18.5 Å². The van der Waals surface area contributed by atoms with Crippen molar-refractivity contribution in [1.29, 1.82) is 0 Å². The Bertz CT molecular complexity index is 410. The van der Waals surface area contributed by atoms with Crippen molar-refractivity contribution >= 4 is 5.91 Å². The van der Waals surface area contributed by atoms with Crippen molar-refractivity contribution in [3.63, 3.8) is 0 Å². The van der Waals surface area contributed by atoms with E-state index < -0.39 is 0 Å². The van der Waals surface area contributed by atoms with Gasteiger partial charge in [0.05, 0.1) is 18.8 Å². The molecule has 1 heterocycles. The molecule has 6 heteroatoms. The minimum atomic E-state index is 0.0683. The number of unbranched alkanes of at least 4 members (excludes halogenated alkanes) is 4. The number of carbonyl (C=O) groups is 1. The molecule has 0 aliphatic heterocycles. The number of hydrogen-bond acceptors (Lipinski definition) is 5. The summed E-state index contributed by atoms with van der Waals surface area (Å²) in [5.74, 6) is 0.529. The molecular weight excluding hydrogens is 282 g/mol. The Kier molecular flexibility index (Phi) is 9.94. The zero-order chi connectivity index (χ0) is 16.0. The van der Waals surface area contributed by atoms with Gasteiger partial charge in [-0.2, -0.15) is 5.10 Å². The third kappa shape index (κ3) is 8.56. The van der Waals surface area contributed by atoms with Gasteiger partial charge in [-0.1, -0.05) is 32.6 Å². The molecule has 1 N–H and O–H groups in total. The molecule has 1 aromatic rings. The maximum Gasteiger partial charge on any atom is 0.233 e. The molecule has 22 heavy (non-hydrogen) atoms. The Morgan fingerprint density at radius 3 is 2.64 bits per heavy atom. The zero-order valence-electron chi connectivity index (χ0n) is 13.6. The zero-order valence-corrected chi connectivity index (χ0v) is 13.6. The predicted molar refractivity (Wildman–Crippen MR) is 84.6 cm³/mol. The van der Waals surface area contributed by atoms with Crippen LogP contribution in [0.15, 0.2) is 12.1 Å². The minimum absolute atomic E-state index is 0.0683. The van der Waals surface area contributed by atoms with Crippen LogP contribution in [0.2, 0.25) is 0 Å². The standard InChI is InChI=1S/C16H27N3O3/c1-3-4-5-6-7-8-15(20)17-13-14-9-10-16(19-18-14)22-12-11-21-2/h9-10H,3-8,11-13H2,1-2H3,(H,17,20). The van der Waals surface area contributed by atoms with Crippen molar-refractivity contribution in [1.82, 2.24) is 15.5 Å². The van der Waals surface area contributed by atoms with Crippen LogP contribution < -0.4 is 10.1 Å². The second-order valence-electron chi connectivity index (χ2n) is 5.15. The van der Waals surface area contributed by atoms with Crippen molar-refractivity contribution in [3.05, 3.63) is 17.8 Å². The normalized spacial score (nSPS) is 10.5. The van der Waals surface area contributed by atoms with Crippen molar-refractivity contribution in [2.45, 2.75) is 52.0 Å². The molecule has 0 fully saturated rings. The van der Waals surface area contributed by atoms with Gasteiger partial charge in [0.25, 0.3) is 0 Å². The molecule has 0 spiro atoms. The van der Waals surface area contributed by atoms with Crippen LogP contribution in [-0.2, 0) is 16.1 Å². The first-order valence-corrected chi connectivity index (χ1v) is 7.97. The summed E-state index contributed by atoms with van der Waals surface area (Å²) in [6.45, 7) is 3.54. The van der Waals surface area contributed by atoms with Crippen molar-refractivity contribution in [2.75, 3.05) is 20.3 Å². The third-order valence-electron chi connectivity index (χ3n) is 3.21. The van der Waals surface area contributed by atoms with Gasteiger partial charge in [-0.05, 0) is 12.5 Å². The average molecular weight is 309 g/mol. The molecule has 0 aromatic carbocycles. The highest BCUT2D eigenvalue weighted by Crippen LogP contribution is 2.06. The van der Waals surface area contributed by atoms with Crippen LogP contribution in [0.4, 0.5) is 0 Å². The maximum absolute atomic E-state index is 11.7. The highest BCUT2D eigenvalue weighted by atomic mass is 16.5. The lowest BCUT2D eigenvalue weighted by Gasteiger charge is -2.06. The average Bonchev–Trinajstić information content (AvgIpc) is 2.54. The third-order valence-corrected chi connectivity index (χ3v) is 3.21. The Balaban J connectivity index is 2.16. The molecule has 0 aliphatic carbocycles. The lowest BCUT2D eigenvalue weighted by atomic mass is 10.1. The smallest absolute Gasteiger partial charge is 0.233 e. The number of ether oxygens (including phenoxy) is 2. The highest BCUT2D eigenvalue weighted by molar-refractivity contribution is 5.75. The number of nitrogens with one attached hydrogen (secondary N) is 1. The van der Waals surface area contributed by atoms with E-state index in [4.69, 9.17) is 9.47 Å². The molecule has 6 nitrogen and oxygen atoms in total. The van der Waals surface area contributed by atoms with E-state index in [9.17, 15) is 4.79 Å². The van der Waals surface area contributed by atoms with Crippen LogP contribution >= 0.6 is 0 Å². The van der Waals surface area contributed by atoms with E-state index >= 15 is 0 Å². The second-order valence-corrected chi connectivity index (χ2v) is 5.15. The summed E-state index contributed by atoms with van der Waals surface area (Å²) in [6.07, 6.45) is 6.32. The van der Waals surface area contributed by atoms with E-state index in [1.165, 1.54) is 19.3 Å². The van der Waals surface area contributed by atoms with E-state index in [0.29, 0.717) is 32.1 Å². The van der Waals surface area contributed by atoms with Gasteiger partial charge in [-0.3, -0.25) is 4.79 Å². The van der Waals surface area contributed by atoms with E-state index in [-0.39, 0.29) is 5.91 Å².